The highest BCUT2D eigenvalue weighted by molar-refractivity contribution is 7.85. The number of rotatable bonds is 8. The summed E-state index contributed by atoms with van der Waals surface area (Å²) in [5, 5.41) is 77.7. The summed E-state index contributed by atoms with van der Waals surface area (Å²) in [6.45, 7) is -2.13. The number of nitrogens with zero attached hydrogens (tertiary/aromatic N) is 2. The Kier molecular flexibility index (Phi) is 7.57. The van der Waals surface area contributed by atoms with Crippen LogP contribution < -0.4 is 0 Å². The standard InChI is InChI=1S/C22H22N2O10S/c25-8-13-5-11(19(28)16(9-26)21(13)30)4-12-6-18(22(31)17(10-27)20(12)29)24-23-14-2-1-3-15(7-14)35(32,33)34/h1-3,5-7,25-31H,4,8-10H2,(H,32,33,34). The molecule has 0 saturated heterocycles. The Balaban J connectivity index is 2.09. The number of hydrogen-bond acceptors (Lipinski definition) is 11. The van der Waals surface area contributed by atoms with Gasteiger partial charge in [0.05, 0.1) is 41.5 Å². The maximum atomic E-state index is 11.3. The summed E-state index contributed by atoms with van der Waals surface area (Å²) in [4.78, 5) is -0.428. The van der Waals surface area contributed by atoms with Crippen LogP contribution in [0.1, 0.15) is 27.8 Å². The molecule has 0 radical (unpaired) electrons. The lowest BCUT2D eigenvalue weighted by molar-refractivity contribution is 0.258. The normalized spacial score (nSPS) is 11.9. The SMILES string of the molecule is O=S(=O)(O)c1cccc(N=Nc2cc(Cc3cc(CO)c(O)c(CO)c3O)c(O)c(CO)c2O)c1. The van der Waals surface area contributed by atoms with E-state index in [2.05, 4.69) is 10.2 Å². The summed E-state index contributed by atoms with van der Waals surface area (Å²) in [5.41, 5.74) is -0.568. The molecule has 3 aromatic carbocycles. The van der Waals surface area contributed by atoms with Gasteiger partial charge in [0.2, 0.25) is 0 Å². The maximum Gasteiger partial charge on any atom is 0.294 e. The van der Waals surface area contributed by atoms with Crippen molar-refractivity contribution in [3.8, 4) is 23.0 Å². The van der Waals surface area contributed by atoms with E-state index in [0.717, 1.165) is 12.1 Å². The first-order chi connectivity index (χ1) is 16.5. The van der Waals surface area contributed by atoms with E-state index in [1.54, 1.807) is 0 Å². The van der Waals surface area contributed by atoms with E-state index in [4.69, 9.17) is 4.55 Å². The van der Waals surface area contributed by atoms with Crippen LogP contribution in [0.5, 0.6) is 23.0 Å². The van der Waals surface area contributed by atoms with Crippen LogP contribution >= 0.6 is 0 Å². The second kappa shape index (κ2) is 10.2. The summed E-state index contributed by atoms with van der Waals surface area (Å²) in [6.07, 6.45) is -0.230. The molecule has 0 fully saturated rings. The fourth-order valence-corrected chi connectivity index (χ4v) is 3.92. The van der Waals surface area contributed by atoms with Gasteiger partial charge in [0.1, 0.15) is 22.9 Å². The Morgan fingerprint density at radius 1 is 0.686 bits per heavy atom. The minimum Gasteiger partial charge on any atom is -0.507 e. The van der Waals surface area contributed by atoms with Gasteiger partial charge >= 0.3 is 0 Å². The molecule has 0 unspecified atom stereocenters. The van der Waals surface area contributed by atoms with Gasteiger partial charge in [0, 0.05) is 17.5 Å². The van der Waals surface area contributed by atoms with Crippen molar-refractivity contribution in [1.82, 2.24) is 0 Å². The lowest BCUT2D eigenvalue weighted by Gasteiger charge is -2.16. The third kappa shape index (κ3) is 5.34. The first-order valence-electron chi connectivity index (χ1n) is 9.95. The van der Waals surface area contributed by atoms with Crippen molar-refractivity contribution in [3.05, 3.63) is 64.2 Å². The first kappa shape index (κ1) is 25.9. The highest BCUT2D eigenvalue weighted by Crippen LogP contribution is 2.42. The second-order valence-electron chi connectivity index (χ2n) is 7.42. The van der Waals surface area contributed by atoms with E-state index in [1.165, 1.54) is 24.3 Å². The summed E-state index contributed by atoms with van der Waals surface area (Å²) in [7, 11) is -4.49. The van der Waals surface area contributed by atoms with Gasteiger partial charge in [-0.2, -0.15) is 13.5 Å². The quantitative estimate of drug-likeness (QED) is 0.164. The van der Waals surface area contributed by atoms with E-state index in [0.29, 0.717) is 0 Å². The molecule has 0 aromatic heterocycles. The number of benzene rings is 3. The van der Waals surface area contributed by atoms with Crippen molar-refractivity contribution in [1.29, 1.82) is 0 Å². The van der Waals surface area contributed by atoms with Crippen LogP contribution in [0.2, 0.25) is 0 Å². The van der Waals surface area contributed by atoms with Crippen LogP contribution in [0.25, 0.3) is 0 Å². The van der Waals surface area contributed by atoms with Crippen LogP contribution in [0, 0.1) is 0 Å². The Labute approximate surface area is 199 Å². The summed E-state index contributed by atoms with van der Waals surface area (Å²) in [5.74, 6) is -2.08. The maximum absolute atomic E-state index is 11.3. The molecule has 35 heavy (non-hydrogen) atoms. The number of phenols is 4. The first-order valence-corrected chi connectivity index (χ1v) is 11.4. The van der Waals surface area contributed by atoms with Gasteiger partial charge in [-0.15, -0.1) is 5.11 Å². The minimum absolute atomic E-state index is 0.0102. The van der Waals surface area contributed by atoms with Gasteiger partial charge in [-0.3, -0.25) is 4.55 Å². The fraction of sp³-hybridized carbons (Fsp3) is 0.182. The number of hydrogen-bond donors (Lipinski definition) is 8. The molecule has 3 aromatic rings. The molecule has 12 nitrogen and oxygen atoms in total. The van der Waals surface area contributed by atoms with E-state index in [9.17, 15) is 44.2 Å². The summed E-state index contributed by atoms with van der Waals surface area (Å²) in [6, 6.07) is 7.32. The molecule has 13 heteroatoms. The Bertz CT molecular complexity index is 1400. The minimum atomic E-state index is -4.49. The molecule has 0 aliphatic heterocycles. The largest absolute Gasteiger partial charge is 0.507 e. The molecule has 186 valence electrons. The monoisotopic (exact) mass is 506 g/mol. The average molecular weight is 506 g/mol. The molecule has 0 amide bonds. The Morgan fingerprint density at radius 2 is 1.26 bits per heavy atom. The van der Waals surface area contributed by atoms with Crippen molar-refractivity contribution in [3.63, 3.8) is 0 Å². The predicted molar refractivity (Wildman–Crippen MR) is 121 cm³/mol. The zero-order chi connectivity index (χ0) is 25.9. The van der Waals surface area contributed by atoms with E-state index >= 15 is 0 Å². The number of azo groups is 1. The van der Waals surface area contributed by atoms with Crippen molar-refractivity contribution < 1.29 is 48.7 Å². The van der Waals surface area contributed by atoms with Gasteiger partial charge < -0.3 is 35.7 Å². The van der Waals surface area contributed by atoms with E-state index < -0.39 is 57.8 Å². The van der Waals surface area contributed by atoms with Crippen LogP contribution in [-0.4, -0.2) is 48.7 Å². The van der Waals surface area contributed by atoms with Crippen LogP contribution in [-0.2, 0) is 36.4 Å². The van der Waals surface area contributed by atoms with Crippen LogP contribution in [0.15, 0.2) is 51.5 Å². The van der Waals surface area contributed by atoms with Gasteiger partial charge in [0.15, 0.2) is 5.75 Å². The van der Waals surface area contributed by atoms with Crippen molar-refractivity contribution in [2.75, 3.05) is 0 Å². The van der Waals surface area contributed by atoms with Crippen LogP contribution in [0.3, 0.4) is 0 Å². The number of aliphatic hydroxyl groups is 3. The number of aliphatic hydroxyl groups excluding tert-OH is 3. The topological polar surface area (TPSA) is 221 Å². The number of aromatic hydroxyl groups is 4. The molecule has 3 rings (SSSR count). The zero-order valence-corrected chi connectivity index (χ0v) is 18.8. The molecule has 0 heterocycles. The van der Waals surface area contributed by atoms with Gasteiger partial charge in [-0.25, -0.2) is 0 Å². The Hall–Kier alpha value is -3.75. The molecule has 0 atom stereocenters. The van der Waals surface area contributed by atoms with Gasteiger partial charge in [-0.1, -0.05) is 6.07 Å². The van der Waals surface area contributed by atoms with E-state index in [1.807, 2.05) is 0 Å². The molecule has 0 spiro atoms. The van der Waals surface area contributed by atoms with Gasteiger partial charge in [0.25, 0.3) is 10.1 Å². The molecule has 0 aliphatic rings. The molecule has 0 saturated carbocycles. The Morgan fingerprint density at radius 3 is 1.83 bits per heavy atom. The van der Waals surface area contributed by atoms with Crippen LogP contribution in [0.4, 0.5) is 11.4 Å². The zero-order valence-electron chi connectivity index (χ0n) is 18.0. The molecule has 0 aliphatic carbocycles. The van der Waals surface area contributed by atoms with Crippen molar-refractivity contribution in [2.24, 2.45) is 10.2 Å². The third-order valence-corrected chi connectivity index (χ3v) is 6.06. The van der Waals surface area contributed by atoms with Gasteiger partial charge in [-0.05, 0) is 35.9 Å². The average Bonchev–Trinajstić information content (AvgIpc) is 2.82. The van der Waals surface area contributed by atoms with E-state index in [-0.39, 0.29) is 45.6 Å². The molecular formula is C22H22N2O10S. The highest BCUT2D eigenvalue weighted by Gasteiger charge is 2.21. The predicted octanol–water partition coefficient (Wildman–Crippen LogP) is 2.24. The highest BCUT2D eigenvalue weighted by atomic mass is 32.2. The summed E-state index contributed by atoms with van der Waals surface area (Å²) >= 11 is 0. The fourth-order valence-electron chi connectivity index (χ4n) is 3.40. The second-order valence-corrected chi connectivity index (χ2v) is 8.85. The lowest BCUT2D eigenvalue weighted by atomic mass is 9.95. The summed E-state index contributed by atoms with van der Waals surface area (Å²) < 4.78 is 31.8. The molecular weight excluding hydrogens is 484 g/mol. The third-order valence-electron chi connectivity index (χ3n) is 5.21. The van der Waals surface area contributed by atoms with Crippen molar-refractivity contribution >= 4 is 21.5 Å². The smallest absolute Gasteiger partial charge is 0.294 e. The lowest BCUT2D eigenvalue weighted by Crippen LogP contribution is -2.00. The van der Waals surface area contributed by atoms with Crippen molar-refractivity contribution in [2.45, 2.75) is 31.1 Å². The molecule has 8 N–H and O–H groups in total. The molecule has 0 bridgehead atoms.